The van der Waals surface area contributed by atoms with Gasteiger partial charge < -0.3 is 10.0 Å². The number of aliphatic carboxylic acids is 1. The lowest BCUT2D eigenvalue weighted by Crippen LogP contribution is -2.34. The smallest absolute Gasteiger partial charge is 0.311 e. The second-order valence-electron chi connectivity index (χ2n) is 4.17. The number of aromatic nitrogens is 2. The number of hydrogen-bond donors (Lipinski definition) is 1. The average molecular weight is 221 g/mol. The lowest BCUT2D eigenvalue weighted by molar-refractivity contribution is -0.147. The Hall–Kier alpha value is -1.65. The molecule has 1 aromatic heterocycles. The molecule has 86 valence electrons. The van der Waals surface area contributed by atoms with Gasteiger partial charge in [0.05, 0.1) is 11.6 Å². The molecule has 0 amide bonds. The number of nitrogens with zero attached hydrogens (tertiary/aromatic N) is 3. The van der Waals surface area contributed by atoms with E-state index in [1.165, 1.54) is 0 Å². The molecule has 1 aromatic rings. The second kappa shape index (κ2) is 4.08. The summed E-state index contributed by atoms with van der Waals surface area (Å²) in [5.41, 5.74) is -0.614. The number of carboxylic acids is 1. The van der Waals surface area contributed by atoms with E-state index in [4.69, 9.17) is 0 Å². The van der Waals surface area contributed by atoms with Crippen LogP contribution >= 0.6 is 0 Å². The van der Waals surface area contributed by atoms with E-state index >= 15 is 0 Å². The average Bonchev–Trinajstić information content (AvgIpc) is 2.76. The van der Waals surface area contributed by atoms with E-state index in [1.807, 2.05) is 11.8 Å². The SMILES string of the molecule is CCC1(C(=O)O)CCN(c2cnccn2)C1. The summed E-state index contributed by atoms with van der Waals surface area (Å²) >= 11 is 0. The Bertz CT molecular complexity index is 382. The van der Waals surface area contributed by atoms with Crippen molar-refractivity contribution in [2.45, 2.75) is 19.8 Å². The summed E-state index contributed by atoms with van der Waals surface area (Å²) in [5.74, 6) is 0.0560. The Labute approximate surface area is 94.1 Å². The van der Waals surface area contributed by atoms with Gasteiger partial charge in [0.25, 0.3) is 0 Å². The molecule has 1 N–H and O–H groups in total. The maximum Gasteiger partial charge on any atom is 0.311 e. The van der Waals surface area contributed by atoms with Gasteiger partial charge in [-0.15, -0.1) is 0 Å². The Morgan fingerprint density at radius 1 is 1.62 bits per heavy atom. The van der Waals surface area contributed by atoms with Crippen LogP contribution in [-0.2, 0) is 4.79 Å². The summed E-state index contributed by atoms with van der Waals surface area (Å²) in [6, 6.07) is 0. The fourth-order valence-corrected chi connectivity index (χ4v) is 2.14. The monoisotopic (exact) mass is 221 g/mol. The lowest BCUT2D eigenvalue weighted by atomic mass is 9.84. The van der Waals surface area contributed by atoms with Crippen LogP contribution in [-0.4, -0.2) is 34.1 Å². The fourth-order valence-electron chi connectivity index (χ4n) is 2.14. The van der Waals surface area contributed by atoms with E-state index in [9.17, 15) is 9.90 Å². The minimum absolute atomic E-state index is 0.525. The number of anilines is 1. The molecular weight excluding hydrogens is 206 g/mol. The van der Waals surface area contributed by atoms with Gasteiger partial charge in [-0.3, -0.25) is 9.78 Å². The third-order valence-electron chi connectivity index (χ3n) is 3.36. The van der Waals surface area contributed by atoms with Crippen LogP contribution in [0.4, 0.5) is 5.82 Å². The molecule has 0 radical (unpaired) electrons. The number of carboxylic acid groups (broad SMARTS) is 1. The highest BCUT2D eigenvalue weighted by Gasteiger charge is 2.43. The minimum atomic E-state index is -0.707. The highest BCUT2D eigenvalue weighted by molar-refractivity contribution is 5.76. The van der Waals surface area contributed by atoms with Crippen LogP contribution in [0.3, 0.4) is 0 Å². The molecule has 0 aliphatic carbocycles. The molecule has 5 heteroatoms. The van der Waals surface area contributed by atoms with Crippen molar-refractivity contribution in [1.82, 2.24) is 9.97 Å². The predicted octanol–water partition coefficient (Wildman–Crippen LogP) is 1.17. The van der Waals surface area contributed by atoms with E-state index in [0.29, 0.717) is 19.4 Å². The van der Waals surface area contributed by atoms with Gasteiger partial charge in [-0.2, -0.15) is 0 Å². The molecule has 0 saturated carbocycles. The normalized spacial score (nSPS) is 24.7. The molecule has 1 aliphatic rings. The first-order valence-electron chi connectivity index (χ1n) is 5.42. The number of rotatable bonds is 3. The molecule has 16 heavy (non-hydrogen) atoms. The Morgan fingerprint density at radius 3 is 2.94 bits per heavy atom. The Kier molecular flexibility index (Phi) is 2.77. The van der Waals surface area contributed by atoms with Gasteiger partial charge in [-0.05, 0) is 12.8 Å². The van der Waals surface area contributed by atoms with Crippen LogP contribution in [0.15, 0.2) is 18.6 Å². The van der Waals surface area contributed by atoms with Gasteiger partial charge in [0.2, 0.25) is 0 Å². The largest absolute Gasteiger partial charge is 0.481 e. The zero-order valence-corrected chi connectivity index (χ0v) is 9.26. The third-order valence-corrected chi connectivity index (χ3v) is 3.36. The highest BCUT2D eigenvalue weighted by atomic mass is 16.4. The van der Waals surface area contributed by atoms with Crippen LogP contribution in [0, 0.1) is 5.41 Å². The summed E-state index contributed by atoms with van der Waals surface area (Å²) in [5, 5.41) is 9.27. The maximum absolute atomic E-state index is 11.3. The number of carbonyl (C=O) groups is 1. The quantitative estimate of drug-likeness (QED) is 0.829. The summed E-state index contributed by atoms with van der Waals surface area (Å²) < 4.78 is 0. The van der Waals surface area contributed by atoms with Crippen molar-refractivity contribution in [1.29, 1.82) is 0 Å². The standard InChI is InChI=1S/C11H15N3O2/c1-2-11(10(15)16)3-6-14(8-11)9-7-12-4-5-13-9/h4-5,7H,2-3,6,8H2,1H3,(H,15,16). The van der Waals surface area contributed by atoms with E-state index in [-0.39, 0.29) is 0 Å². The van der Waals surface area contributed by atoms with Crippen molar-refractivity contribution in [2.75, 3.05) is 18.0 Å². The molecule has 0 spiro atoms. The van der Waals surface area contributed by atoms with Crippen LogP contribution in [0.2, 0.25) is 0 Å². The topological polar surface area (TPSA) is 66.3 Å². The molecule has 1 fully saturated rings. The summed E-state index contributed by atoms with van der Waals surface area (Å²) in [6.45, 7) is 3.19. The number of hydrogen-bond acceptors (Lipinski definition) is 4. The van der Waals surface area contributed by atoms with Crippen LogP contribution in [0.5, 0.6) is 0 Å². The minimum Gasteiger partial charge on any atom is -0.481 e. The van der Waals surface area contributed by atoms with Gasteiger partial charge in [-0.25, -0.2) is 4.98 Å². The van der Waals surface area contributed by atoms with Crippen molar-refractivity contribution in [2.24, 2.45) is 5.41 Å². The molecule has 2 heterocycles. The summed E-state index contributed by atoms with van der Waals surface area (Å²) in [6.07, 6.45) is 6.24. The second-order valence-corrected chi connectivity index (χ2v) is 4.17. The molecule has 0 bridgehead atoms. The molecule has 1 aliphatic heterocycles. The molecule has 0 aromatic carbocycles. The molecule has 1 atom stereocenters. The fraction of sp³-hybridized carbons (Fsp3) is 0.545. The molecular formula is C11H15N3O2. The molecule has 1 saturated heterocycles. The Morgan fingerprint density at radius 2 is 2.44 bits per heavy atom. The Balaban J connectivity index is 2.17. The van der Waals surface area contributed by atoms with Crippen molar-refractivity contribution in [3.63, 3.8) is 0 Å². The van der Waals surface area contributed by atoms with Crippen molar-refractivity contribution in [3.05, 3.63) is 18.6 Å². The van der Waals surface area contributed by atoms with Crippen molar-refractivity contribution < 1.29 is 9.90 Å². The zero-order chi connectivity index (χ0) is 11.6. The highest BCUT2D eigenvalue weighted by Crippen LogP contribution is 2.35. The zero-order valence-electron chi connectivity index (χ0n) is 9.26. The molecule has 2 rings (SSSR count). The molecule has 1 unspecified atom stereocenters. The summed E-state index contributed by atoms with van der Waals surface area (Å²) in [4.78, 5) is 21.4. The maximum atomic E-state index is 11.3. The first-order valence-corrected chi connectivity index (χ1v) is 5.42. The first-order chi connectivity index (χ1) is 7.68. The van der Waals surface area contributed by atoms with Gasteiger partial charge in [-0.1, -0.05) is 6.92 Å². The summed E-state index contributed by atoms with van der Waals surface area (Å²) in [7, 11) is 0. The van der Waals surface area contributed by atoms with Gasteiger partial charge in [0.1, 0.15) is 5.82 Å². The van der Waals surface area contributed by atoms with Gasteiger partial charge in [0, 0.05) is 25.5 Å². The van der Waals surface area contributed by atoms with Crippen LogP contribution < -0.4 is 4.90 Å². The van der Waals surface area contributed by atoms with Crippen molar-refractivity contribution in [3.8, 4) is 0 Å². The van der Waals surface area contributed by atoms with Crippen LogP contribution in [0.1, 0.15) is 19.8 Å². The third kappa shape index (κ3) is 1.73. The van der Waals surface area contributed by atoms with E-state index < -0.39 is 11.4 Å². The first kappa shape index (κ1) is 10.9. The lowest BCUT2D eigenvalue weighted by Gasteiger charge is -2.23. The molecule has 5 nitrogen and oxygen atoms in total. The van der Waals surface area contributed by atoms with Gasteiger partial charge in [0.15, 0.2) is 0 Å². The van der Waals surface area contributed by atoms with E-state index in [1.54, 1.807) is 18.6 Å². The van der Waals surface area contributed by atoms with E-state index in [2.05, 4.69) is 9.97 Å². The predicted molar refractivity (Wildman–Crippen MR) is 59.2 cm³/mol. The van der Waals surface area contributed by atoms with Crippen molar-refractivity contribution >= 4 is 11.8 Å². The van der Waals surface area contributed by atoms with E-state index in [0.717, 1.165) is 12.4 Å². The van der Waals surface area contributed by atoms with Gasteiger partial charge >= 0.3 is 5.97 Å². The van der Waals surface area contributed by atoms with Crippen LogP contribution in [0.25, 0.3) is 0 Å².